The van der Waals surface area contributed by atoms with E-state index >= 15 is 0 Å². The van der Waals surface area contributed by atoms with Gasteiger partial charge in [-0.3, -0.25) is 4.79 Å². The number of aliphatic carboxylic acids is 1. The summed E-state index contributed by atoms with van der Waals surface area (Å²) < 4.78 is 0. The number of nitrogens with one attached hydrogen (secondary N) is 1. The number of carboxylic acid groups (broad SMARTS) is 1. The third kappa shape index (κ3) is 5.48. The van der Waals surface area contributed by atoms with E-state index < -0.39 is 12.0 Å². The van der Waals surface area contributed by atoms with Crippen molar-refractivity contribution in [2.45, 2.75) is 19.4 Å². The predicted molar refractivity (Wildman–Crippen MR) is 82.8 cm³/mol. The van der Waals surface area contributed by atoms with Gasteiger partial charge in [-0.15, -0.1) is 0 Å². The SMILES string of the molecule is CSCC[C@H](NC(=O)/C=C/c1ccccc1C)C(=O)O. The molecule has 1 amide bonds. The molecule has 0 radical (unpaired) electrons. The summed E-state index contributed by atoms with van der Waals surface area (Å²) in [6, 6.07) is 6.84. The molecule has 0 spiro atoms. The molecular weight excluding hydrogens is 274 g/mol. The number of benzene rings is 1. The van der Waals surface area contributed by atoms with Crippen LogP contribution in [0.3, 0.4) is 0 Å². The van der Waals surface area contributed by atoms with E-state index in [0.29, 0.717) is 12.2 Å². The first-order valence-electron chi connectivity index (χ1n) is 6.30. The molecule has 0 heterocycles. The van der Waals surface area contributed by atoms with Gasteiger partial charge in [-0.25, -0.2) is 4.79 Å². The third-order valence-corrected chi connectivity index (χ3v) is 3.47. The van der Waals surface area contributed by atoms with Crippen LogP contribution in [0.4, 0.5) is 0 Å². The molecule has 1 rings (SSSR count). The lowest BCUT2D eigenvalue weighted by Gasteiger charge is -2.12. The molecule has 108 valence electrons. The first kappa shape index (κ1) is 16.3. The van der Waals surface area contributed by atoms with E-state index in [9.17, 15) is 9.59 Å². The van der Waals surface area contributed by atoms with Gasteiger partial charge < -0.3 is 10.4 Å². The zero-order valence-electron chi connectivity index (χ0n) is 11.6. The van der Waals surface area contributed by atoms with Crippen LogP contribution in [0.5, 0.6) is 0 Å². The Morgan fingerprint density at radius 1 is 1.40 bits per heavy atom. The van der Waals surface area contributed by atoms with Crippen LogP contribution in [-0.4, -0.2) is 35.0 Å². The molecule has 1 aromatic rings. The predicted octanol–water partition coefficient (Wildman–Crippen LogP) is 2.33. The fraction of sp³-hybridized carbons (Fsp3) is 0.333. The van der Waals surface area contributed by atoms with Crippen LogP contribution in [0.2, 0.25) is 0 Å². The van der Waals surface area contributed by atoms with Crippen molar-refractivity contribution in [1.82, 2.24) is 5.32 Å². The molecule has 0 fully saturated rings. The number of aryl methyl sites for hydroxylation is 1. The number of carbonyl (C=O) groups is 2. The Kier molecular flexibility index (Phi) is 6.87. The minimum absolute atomic E-state index is 0.387. The maximum absolute atomic E-state index is 11.7. The summed E-state index contributed by atoms with van der Waals surface area (Å²) in [4.78, 5) is 22.8. The van der Waals surface area contributed by atoms with Gasteiger partial charge in [0.2, 0.25) is 5.91 Å². The molecule has 0 aliphatic heterocycles. The lowest BCUT2D eigenvalue weighted by atomic mass is 10.1. The summed E-state index contributed by atoms with van der Waals surface area (Å²) >= 11 is 1.55. The molecule has 1 aromatic carbocycles. The largest absolute Gasteiger partial charge is 0.480 e. The molecule has 0 aliphatic rings. The summed E-state index contributed by atoms with van der Waals surface area (Å²) in [5.74, 6) is -0.697. The van der Waals surface area contributed by atoms with Crippen LogP contribution in [0.25, 0.3) is 6.08 Å². The fourth-order valence-corrected chi connectivity index (χ4v) is 2.12. The average Bonchev–Trinajstić information content (AvgIpc) is 2.42. The highest BCUT2D eigenvalue weighted by molar-refractivity contribution is 7.98. The lowest BCUT2D eigenvalue weighted by Crippen LogP contribution is -2.40. The smallest absolute Gasteiger partial charge is 0.326 e. The van der Waals surface area contributed by atoms with Crippen molar-refractivity contribution < 1.29 is 14.7 Å². The van der Waals surface area contributed by atoms with Crippen LogP contribution >= 0.6 is 11.8 Å². The summed E-state index contributed by atoms with van der Waals surface area (Å²) in [7, 11) is 0. The summed E-state index contributed by atoms with van der Waals surface area (Å²) in [5.41, 5.74) is 2.01. The lowest BCUT2D eigenvalue weighted by molar-refractivity contribution is -0.141. The van der Waals surface area contributed by atoms with E-state index in [-0.39, 0.29) is 5.91 Å². The van der Waals surface area contributed by atoms with Crippen LogP contribution < -0.4 is 5.32 Å². The van der Waals surface area contributed by atoms with Crippen molar-refractivity contribution in [2.24, 2.45) is 0 Å². The molecule has 0 bridgehead atoms. The maximum Gasteiger partial charge on any atom is 0.326 e. The normalized spacial score (nSPS) is 12.3. The van der Waals surface area contributed by atoms with E-state index in [1.54, 1.807) is 17.8 Å². The minimum Gasteiger partial charge on any atom is -0.480 e. The number of carboxylic acids is 1. The summed E-state index contributed by atoms with van der Waals surface area (Å²) in [5, 5.41) is 11.5. The number of rotatable bonds is 7. The van der Waals surface area contributed by atoms with Crippen molar-refractivity contribution in [3.63, 3.8) is 0 Å². The van der Waals surface area contributed by atoms with Gasteiger partial charge in [0, 0.05) is 6.08 Å². The van der Waals surface area contributed by atoms with Gasteiger partial charge in [-0.05, 0) is 42.6 Å². The van der Waals surface area contributed by atoms with Crippen LogP contribution in [-0.2, 0) is 9.59 Å². The van der Waals surface area contributed by atoms with Crippen LogP contribution in [0, 0.1) is 6.92 Å². The monoisotopic (exact) mass is 293 g/mol. The minimum atomic E-state index is -1.00. The quantitative estimate of drug-likeness (QED) is 0.757. The van der Waals surface area contributed by atoms with E-state index in [2.05, 4.69) is 5.32 Å². The molecule has 5 heteroatoms. The molecule has 0 unspecified atom stereocenters. The van der Waals surface area contributed by atoms with E-state index in [0.717, 1.165) is 11.1 Å². The molecule has 1 atom stereocenters. The Bertz CT molecular complexity index is 500. The molecule has 2 N–H and O–H groups in total. The summed E-state index contributed by atoms with van der Waals surface area (Å²) in [6.45, 7) is 1.95. The van der Waals surface area contributed by atoms with Gasteiger partial charge in [0.15, 0.2) is 0 Å². The highest BCUT2D eigenvalue weighted by Gasteiger charge is 2.17. The highest BCUT2D eigenvalue weighted by atomic mass is 32.2. The maximum atomic E-state index is 11.7. The molecule has 0 saturated heterocycles. The van der Waals surface area contributed by atoms with E-state index in [1.165, 1.54) is 6.08 Å². The van der Waals surface area contributed by atoms with Gasteiger partial charge >= 0.3 is 5.97 Å². The van der Waals surface area contributed by atoms with E-state index in [1.807, 2.05) is 37.4 Å². The molecule has 20 heavy (non-hydrogen) atoms. The third-order valence-electron chi connectivity index (χ3n) is 2.83. The van der Waals surface area contributed by atoms with Gasteiger partial charge in [0.05, 0.1) is 0 Å². The summed E-state index contributed by atoms with van der Waals surface area (Å²) in [6.07, 6.45) is 5.38. The van der Waals surface area contributed by atoms with E-state index in [4.69, 9.17) is 5.11 Å². The number of thioether (sulfide) groups is 1. The second-order valence-corrected chi connectivity index (χ2v) is 5.36. The van der Waals surface area contributed by atoms with Crippen LogP contribution in [0.15, 0.2) is 30.3 Å². The number of carbonyl (C=O) groups excluding carboxylic acids is 1. The Hall–Kier alpha value is -1.75. The van der Waals surface area contributed by atoms with Crippen molar-refractivity contribution in [2.75, 3.05) is 12.0 Å². The average molecular weight is 293 g/mol. The standard InChI is InChI=1S/C15H19NO3S/c1-11-5-3-4-6-12(11)7-8-14(17)16-13(15(18)19)9-10-20-2/h3-8,13H,9-10H2,1-2H3,(H,16,17)(H,18,19)/b8-7+/t13-/m0/s1. The number of hydrogen-bond donors (Lipinski definition) is 2. The molecular formula is C15H19NO3S. The van der Waals surface area contributed by atoms with Gasteiger partial charge in [0.25, 0.3) is 0 Å². The van der Waals surface area contributed by atoms with Crippen molar-refractivity contribution >= 4 is 29.7 Å². The van der Waals surface area contributed by atoms with Crippen molar-refractivity contribution in [1.29, 1.82) is 0 Å². The van der Waals surface area contributed by atoms with Crippen molar-refractivity contribution in [3.8, 4) is 0 Å². The van der Waals surface area contributed by atoms with Crippen molar-refractivity contribution in [3.05, 3.63) is 41.5 Å². The Morgan fingerprint density at radius 3 is 2.70 bits per heavy atom. The zero-order valence-corrected chi connectivity index (χ0v) is 12.4. The second kappa shape index (κ2) is 8.43. The topological polar surface area (TPSA) is 66.4 Å². The van der Waals surface area contributed by atoms with Crippen LogP contribution in [0.1, 0.15) is 17.5 Å². The molecule has 0 aliphatic carbocycles. The number of hydrogen-bond acceptors (Lipinski definition) is 3. The van der Waals surface area contributed by atoms with Gasteiger partial charge in [-0.1, -0.05) is 24.3 Å². The molecule has 0 aromatic heterocycles. The molecule has 0 saturated carbocycles. The second-order valence-electron chi connectivity index (χ2n) is 4.37. The Labute approximate surface area is 123 Å². The van der Waals surface area contributed by atoms with Gasteiger partial charge in [-0.2, -0.15) is 11.8 Å². The first-order valence-corrected chi connectivity index (χ1v) is 7.70. The highest BCUT2D eigenvalue weighted by Crippen LogP contribution is 2.08. The van der Waals surface area contributed by atoms with Gasteiger partial charge in [0.1, 0.15) is 6.04 Å². The first-order chi connectivity index (χ1) is 9.54. The Balaban J connectivity index is 2.61. The fourth-order valence-electron chi connectivity index (χ4n) is 1.65. The Morgan fingerprint density at radius 2 is 2.10 bits per heavy atom. The molecule has 4 nitrogen and oxygen atoms in total. The number of amides is 1. The zero-order chi connectivity index (χ0) is 15.0.